The van der Waals surface area contributed by atoms with E-state index in [1.807, 2.05) is 11.0 Å². The maximum absolute atomic E-state index is 4.42. The smallest absolute Gasteiger partial charge is 0.164 e. The van der Waals surface area contributed by atoms with E-state index in [4.69, 9.17) is 0 Å². The first-order chi connectivity index (χ1) is 7.72. The first-order valence-electron chi connectivity index (χ1n) is 6.34. The molecule has 0 aromatic carbocycles. The molecule has 1 heterocycles. The fourth-order valence-electron chi connectivity index (χ4n) is 1.52. The Hall–Kier alpha value is -0.900. The third kappa shape index (κ3) is 5.26. The fraction of sp³-hybridized carbons (Fsp3) is 0.833. The van der Waals surface area contributed by atoms with Gasteiger partial charge in [0.25, 0.3) is 0 Å². The average Bonchev–Trinajstić information content (AvgIpc) is 2.70. The van der Waals surface area contributed by atoms with Crippen LogP contribution < -0.4 is 5.32 Å². The van der Waals surface area contributed by atoms with Crippen LogP contribution in [-0.4, -0.2) is 20.8 Å². The van der Waals surface area contributed by atoms with Gasteiger partial charge in [0.1, 0.15) is 6.33 Å². The second-order valence-corrected chi connectivity index (χ2v) is 4.52. The van der Waals surface area contributed by atoms with Gasteiger partial charge in [0.05, 0.1) is 6.54 Å². The van der Waals surface area contributed by atoms with Gasteiger partial charge in [-0.1, -0.05) is 40.0 Å². The van der Waals surface area contributed by atoms with E-state index in [1.54, 1.807) is 0 Å². The van der Waals surface area contributed by atoms with E-state index in [2.05, 4.69) is 36.2 Å². The summed E-state index contributed by atoms with van der Waals surface area (Å²) in [6.07, 6.45) is 6.92. The Labute approximate surface area is 98.5 Å². The minimum atomic E-state index is 0.483. The van der Waals surface area contributed by atoms with Crippen LogP contribution in [0.1, 0.15) is 52.3 Å². The summed E-state index contributed by atoms with van der Waals surface area (Å²) >= 11 is 0. The van der Waals surface area contributed by atoms with E-state index in [0.29, 0.717) is 6.04 Å². The Morgan fingerprint density at radius 3 is 2.81 bits per heavy atom. The van der Waals surface area contributed by atoms with Crippen LogP contribution in [0.25, 0.3) is 0 Å². The molecule has 4 heteroatoms. The molecule has 0 amide bonds. The van der Waals surface area contributed by atoms with E-state index in [1.165, 1.54) is 25.7 Å². The van der Waals surface area contributed by atoms with Crippen molar-refractivity contribution in [3.8, 4) is 0 Å². The highest BCUT2D eigenvalue weighted by molar-refractivity contribution is 4.81. The summed E-state index contributed by atoms with van der Waals surface area (Å²) in [6, 6.07) is 0.483. The minimum Gasteiger partial charge on any atom is -0.308 e. The zero-order valence-corrected chi connectivity index (χ0v) is 10.7. The highest BCUT2D eigenvalue weighted by Crippen LogP contribution is 2.01. The van der Waals surface area contributed by atoms with Gasteiger partial charge in [0, 0.05) is 12.6 Å². The lowest BCUT2D eigenvalue weighted by Crippen LogP contribution is -2.22. The van der Waals surface area contributed by atoms with Gasteiger partial charge in [0.2, 0.25) is 0 Å². The number of aryl methyl sites for hydroxylation is 1. The summed E-state index contributed by atoms with van der Waals surface area (Å²) in [4.78, 5) is 4.28. The molecule has 0 fully saturated rings. The molecule has 0 atom stereocenters. The molecule has 0 spiro atoms. The van der Waals surface area contributed by atoms with Crippen LogP contribution in [0.2, 0.25) is 0 Å². The van der Waals surface area contributed by atoms with Gasteiger partial charge >= 0.3 is 0 Å². The van der Waals surface area contributed by atoms with Crippen LogP contribution in [0.5, 0.6) is 0 Å². The molecule has 1 N–H and O–H groups in total. The van der Waals surface area contributed by atoms with Gasteiger partial charge in [0.15, 0.2) is 5.82 Å². The zero-order valence-electron chi connectivity index (χ0n) is 10.7. The van der Waals surface area contributed by atoms with E-state index in [-0.39, 0.29) is 0 Å². The van der Waals surface area contributed by atoms with Gasteiger partial charge in [-0.05, 0) is 6.42 Å². The topological polar surface area (TPSA) is 42.7 Å². The Balaban J connectivity index is 2.22. The number of rotatable bonds is 8. The van der Waals surface area contributed by atoms with Gasteiger partial charge in [-0.15, -0.1) is 0 Å². The first kappa shape index (κ1) is 13.2. The van der Waals surface area contributed by atoms with E-state index >= 15 is 0 Å². The van der Waals surface area contributed by atoms with Crippen molar-refractivity contribution < 1.29 is 0 Å². The van der Waals surface area contributed by atoms with E-state index < -0.39 is 0 Å². The predicted octanol–water partition coefficient (Wildman–Crippen LogP) is 2.36. The maximum atomic E-state index is 4.42. The van der Waals surface area contributed by atoms with E-state index in [0.717, 1.165) is 18.9 Å². The second kappa shape index (κ2) is 7.39. The first-order valence-corrected chi connectivity index (χ1v) is 6.34. The Bertz CT molecular complexity index is 280. The zero-order chi connectivity index (χ0) is 11.8. The summed E-state index contributed by atoms with van der Waals surface area (Å²) < 4.78 is 1.95. The molecule has 0 bridgehead atoms. The average molecular weight is 224 g/mol. The van der Waals surface area contributed by atoms with Crippen molar-refractivity contribution in [2.24, 2.45) is 0 Å². The molecule has 0 radical (unpaired) electrons. The van der Waals surface area contributed by atoms with Crippen molar-refractivity contribution in [1.29, 1.82) is 0 Å². The van der Waals surface area contributed by atoms with Crippen molar-refractivity contribution in [3.63, 3.8) is 0 Å². The van der Waals surface area contributed by atoms with Gasteiger partial charge in [-0.3, -0.25) is 4.68 Å². The molecule has 4 nitrogen and oxygen atoms in total. The van der Waals surface area contributed by atoms with Crippen molar-refractivity contribution in [1.82, 2.24) is 20.1 Å². The van der Waals surface area contributed by atoms with Gasteiger partial charge in [-0.25, -0.2) is 4.98 Å². The summed E-state index contributed by atoms with van der Waals surface area (Å²) in [6.45, 7) is 8.24. The molecular formula is C12H24N4. The summed E-state index contributed by atoms with van der Waals surface area (Å²) in [5.41, 5.74) is 0. The quantitative estimate of drug-likeness (QED) is 0.689. The highest BCUT2D eigenvalue weighted by Gasteiger charge is 2.01. The summed E-state index contributed by atoms with van der Waals surface area (Å²) in [5.74, 6) is 0.893. The Kier molecular flexibility index (Phi) is 6.08. The van der Waals surface area contributed by atoms with Gasteiger partial charge < -0.3 is 5.32 Å². The Morgan fingerprint density at radius 1 is 1.31 bits per heavy atom. The van der Waals surface area contributed by atoms with Crippen LogP contribution in [0.15, 0.2) is 6.33 Å². The molecule has 0 aliphatic carbocycles. The molecule has 0 saturated heterocycles. The summed E-state index contributed by atoms with van der Waals surface area (Å²) in [5, 5.41) is 7.74. The van der Waals surface area contributed by atoms with Crippen LogP contribution >= 0.6 is 0 Å². The molecule has 16 heavy (non-hydrogen) atoms. The molecule has 1 aromatic rings. The molecule has 1 rings (SSSR count). The third-order valence-electron chi connectivity index (χ3n) is 2.49. The van der Waals surface area contributed by atoms with Crippen LogP contribution in [-0.2, 0) is 13.1 Å². The monoisotopic (exact) mass is 224 g/mol. The number of nitrogens with zero attached hydrogens (tertiary/aromatic N) is 3. The van der Waals surface area contributed by atoms with Crippen LogP contribution in [0.4, 0.5) is 0 Å². The van der Waals surface area contributed by atoms with Crippen molar-refractivity contribution in [3.05, 3.63) is 12.2 Å². The predicted molar refractivity (Wildman–Crippen MR) is 66.1 cm³/mol. The second-order valence-electron chi connectivity index (χ2n) is 4.52. The largest absolute Gasteiger partial charge is 0.308 e. The summed E-state index contributed by atoms with van der Waals surface area (Å²) in [7, 11) is 0. The van der Waals surface area contributed by atoms with Gasteiger partial charge in [-0.2, -0.15) is 5.10 Å². The maximum Gasteiger partial charge on any atom is 0.164 e. The highest BCUT2D eigenvalue weighted by atomic mass is 15.3. The molecular weight excluding hydrogens is 200 g/mol. The normalized spacial score (nSPS) is 11.2. The molecule has 1 aromatic heterocycles. The minimum absolute atomic E-state index is 0.483. The molecule has 0 unspecified atom stereocenters. The Morgan fingerprint density at radius 2 is 2.12 bits per heavy atom. The van der Waals surface area contributed by atoms with Crippen molar-refractivity contribution in [2.45, 2.75) is 65.6 Å². The molecule has 92 valence electrons. The number of aromatic nitrogens is 3. The van der Waals surface area contributed by atoms with E-state index in [9.17, 15) is 0 Å². The van der Waals surface area contributed by atoms with Crippen LogP contribution in [0, 0.1) is 0 Å². The number of hydrogen-bond donors (Lipinski definition) is 1. The third-order valence-corrected chi connectivity index (χ3v) is 2.49. The fourth-order valence-corrected chi connectivity index (χ4v) is 1.52. The number of hydrogen-bond acceptors (Lipinski definition) is 3. The molecule has 0 saturated carbocycles. The standard InChI is InChI=1S/C12H24N4/c1-4-5-6-7-8-16-10-14-12(15-16)9-13-11(2)3/h10-11,13H,4-9H2,1-3H3. The van der Waals surface area contributed by atoms with Crippen molar-refractivity contribution in [2.75, 3.05) is 0 Å². The molecule has 0 aliphatic heterocycles. The lowest BCUT2D eigenvalue weighted by molar-refractivity contribution is 0.526. The van der Waals surface area contributed by atoms with Crippen molar-refractivity contribution >= 4 is 0 Å². The number of unbranched alkanes of at least 4 members (excludes halogenated alkanes) is 3. The lowest BCUT2D eigenvalue weighted by Gasteiger charge is -2.04. The van der Waals surface area contributed by atoms with Crippen LogP contribution in [0.3, 0.4) is 0 Å². The number of nitrogens with one attached hydrogen (secondary N) is 1. The lowest BCUT2D eigenvalue weighted by atomic mass is 10.2. The SMILES string of the molecule is CCCCCCn1cnc(CNC(C)C)n1. The molecule has 0 aliphatic rings.